The molecule has 0 spiro atoms. The van der Waals surface area contributed by atoms with Crippen molar-refractivity contribution >= 4 is 27.7 Å². The van der Waals surface area contributed by atoms with Crippen LogP contribution in [0, 0.1) is 0 Å². The molecule has 0 fully saturated rings. The van der Waals surface area contributed by atoms with Gasteiger partial charge in [0.25, 0.3) is 0 Å². The molecule has 0 aromatic heterocycles. The average molecular weight is 425 g/mol. The van der Waals surface area contributed by atoms with Gasteiger partial charge in [-0.3, -0.25) is 4.79 Å². The van der Waals surface area contributed by atoms with Crippen LogP contribution in [0.15, 0.2) is 29.2 Å². The van der Waals surface area contributed by atoms with E-state index in [-0.39, 0.29) is 23.7 Å². The fourth-order valence-corrected chi connectivity index (χ4v) is 2.80. The van der Waals surface area contributed by atoms with Gasteiger partial charge in [0.05, 0.1) is 4.90 Å². The molecule has 2 amide bonds. The fourth-order valence-electron chi connectivity index (χ4n) is 1.78. The number of rotatable bonds is 6. The first-order valence-corrected chi connectivity index (χ1v) is 9.52. The number of benzene rings is 1. The molecule has 0 aliphatic rings. The van der Waals surface area contributed by atoms with E-state index in [1.165, 1.54) is 11.9 Å². The van der Waals surface area contributed by atoms with Crippen molar-refractivity contribution < 1.29 is 35.9 Å². The second kappa shape index (κ2) is 8.78. The first-order valence-electron chi connectivity index (χ1n) is 8.04. The molecule has 1 aromatic carbocycles. The van der Waals surface area contributed by atoms with Gasteiger partial charge in [-0.05, 0) is 45.0 Å². The van der Waals surface area contributed by atoms with Crippen molar-refractivity contribution in [3.05, 3.63) is 24.3 Å². The molecule has 0 aliphatic carbocycles. The Hall–Kier alpha value is -2.34. The standard InChI is InChI=1S/C16H22F3N3O5S/c1-15(2,3)27-14(24)22(4)10-9-20-28(25,26)12-7-5-11(6-8-12)21-13(23)16(17,18)19/h5-8,20H,9-10H2,1-4H3,(H,21,23). The van der Waals surface area contributed by atoms with Crippen LogP contribution in [0.1, 0.15) is 20.8 Å². The van der Waals surface area contributed by atoms with Crippen LogP contribution >= 0.6 is 0 Å². The fraction of sp³-hybridized carbons (Fsp3) is 0.500. The Morgan fingerprint density at radius 3 is 2.11 bits per heavy atom. The van der Waals surface area contributed by atoms with Crippen LogP contribution in [-0.2, 0) is 19.6 Å². The SMILES string of the molecule is CN(CCNS(=O)(=O)c1ccc(NC(=O)C(F)(F)F)cc1)C(=O)OC(C)(C)C. The molecule has 1 aromatic rings. The minimum absolute atomic E-state index is 0.0356. The number of nitrogens with zero attached hydrogens (tertiary/aromatic N) is 1. The van der Waals surface area contributed by atoms with Gasteiger partial charge in [-0.25, -0.2) is 17.9 Å². The van der Waals surface area contributed by atoms with Crippen LogP contribution in [0.2, 0.25) is 0 Å². The Kier molecular flexibility index (Phi) is 7.43. The van der Waals surface area contributed by atoms with E-state index >= 15 is 0 Å². The molecule has 158 valence electrons. The van der Waals surface area contributed by atoms with Gasteiger partial charge in [0.1, 0.15) is 5.60 Å². The topological polar surface area (TPSA) is 105 Å². The van der Waals surface area contributed by atoms with E-state index in [9.17, 15) is 31.2 Å². The first-order chi connectivity index (χ1) is 12.6. The minimum atomic E-state index is -5.05. The molecule has 8 nitrogen and oxygen atoms in total. The molecule has 28 heavy (non-hydrogen) atoms. The predicted octanol–water partition coefficient (Wildman–Crippen LogP) is 2.33. The number of carbonyl (C=O) groups excluding carboxylic acids is 2. The highest BCUT2D eigenvalue weighted by Crippen LogP contribution is 2.19. The molecular weight excluding hydrogens is 403 g/mol. The second-order valence-electron chi connectivity index (χ2n) is 6.78. The molecular formula is C16H22F3N3O5S. The van der Waals surface area contributed by atoms with Gasteiger partial charge in [-0.1, -0.05) is 0 Å². The van der Waals surface area contributed by atoms with Crippen molar-refractivity contribution in [1.82, 2.24) is 9.62 Å². The summed E-state index contributed by atoms with van der Waals surface area (Å²) in [5, 5.41) is 1.61. The van der Waals surface area contributed by atoms with Crippen molar-refractivity contribution in [2.24, 2.45) is 0 Å². The largest absolute Gasteiger partial charge is 0.471 e. The summed E-state index contributed by atoms with van der Waals surface area (Å²) in [5.74, 6) is -2.16. The Morgan fingerprint density at radius 2 is 1.64 bits per heavy atom. The number of amides is 2. The number of nitrogens with one attached hydrogen (secondary N) is 2. The molecule has 1 rings (SSSR count). The lowest BCUT2D eigenvalue weighted by atomic mass is 10.2. The zero-order valence-corrected chi connectivity index (χ0v) is 16.6. The van der Waals surface area contributed by atoms with E-state index < -0.39 is 33.8 Å². The van der Waals surface area contributed by atoms with Crippen molar-refractivity contribution in [2.75, 3.05) is 25.5 Å². The monoisotopic (exact) mass is 425 g/mol. The lowest BCUT2D eigenvalue weighted by molar-refractivity contribution is -0.167. The number of carbonyl (C=O) groups is 2. The number of hydrogen-bond donors (Lipinski definition) is 2. The first kappa shape index (κ1) is 23.7. The van der Waals surface area contributed by atoms with E-state index in [0.29, 0.717) is 0 Å². The lowest BCUT2D eigenvalue weighted by Crippen LogP contribution is -2.39. The van der Waals surface area contributed by atoms with Gasteiger partial charge in [-0.15, -0.1) is 0 Å². The van der Waals surface area contributed by atoms with Gasteiger partial charge < -0.3 is 15.0 Å². The molecule has 0 saturated carbocycles. The molecule has 0 unspecified atom stereocenters. The van der Waals surface area contributed by atoms with E-state index in [4.69, 9.17) is 4.74 Å². The normalized spacial score (nSPS) is 12.4. The molecule has 0 aliphatic heterocycles. The third-order valence-corrected chi connectivity index (χ3v) is 4.60. The predicted molar refractivity (Wildman–Crippen MR) is 95.2 cm³/mol. The summed E-state index contributed by atoms with van der Waals surface area (Å²) < 4.78 is 68.4. The van der Waals surface area contributed by atoms with Crippen LogP contribution in [0.4, 0.5) is 23.7 Å². The molecule has 0 bridgehead atoms. The third kappa shape index (κ3) is 7.72. The maximum Gasteiger partial charge on any atom is 0.471 e. The lowest BCUT2D eigenvalue weighted by Gasteiger charge is -2.24. The van der Waals surface area contributed by atoms with Gasteiger partial charge in [0.2, 0.25) is 10.0 Å². The average Bonchev–Trinajstić information content (AvgIpc) is 2.52. The van der Waals surface area contributed by atoms with Gasteiger partial charge in [0.15, 0.2) is 0 Å². The van der Waals surface area contributed by atoms with Crippen LogP contribution < -0.4 is 10.0 Å². The summed E-state index contributed by atoms with van der Waals surface area (Å²) >= 11 is 0. The molecule has 0 heterocycles. The van der Waals surface area contributed by atoms with Crippen LogP contribution in [0.5, 0.6) is 0 Å². The van der Waals surface area contributed by atoms with E-state index in [0.717, 1.165) is 24.3 Å². The Bertz CT molecular complexity index is 802. The summed E-state index contributed by atoms with van der Waals surface area (Å²) in [6.07, 6.45) is -5.66. The highest BCUT2D eigenvalue weighted by Gasteiger charge is 2.38. The molecule has 0 atom stereocenters. The highest BCUT2D eigenvalue weighted by atomic mass is 32.2. The summed E-state index contributed by atoms with van der Waals surface area (Å²) in [6.45, 7) is 5.02. The molecule has 0 radical (unpaired) electrons. The molecule has 12 heteroatoms. The Labute approximate surface area is 161 Å². The highest BCUT2D eigenvalue weighted by molar-refractivity contribution is 7.89. The van der Waals surface area contributed by atoms with Crippen molar-refractivity contribution in [1.29, 1.82) is 0 Å². The van der Waals surface area contributed by atoms with E-state index in [2.05, 4.69) is 4.72 Å². The zero-order chi connectivity index (χ0) is 21.8. The van der Waals surface area contributed by atoms with Crippen LogP contribution in [0.25, 0.3) is 0 Å². The smallest absolute Gasteiger partial charge is 0.444 e. The Balaban J connectivity index is 2.63. The maximum absolute atomic E-state index is 12.2. The number of ether oxygens (including phenoxy) is 1. The second-order valence-corrected chi connectivity index (χ2v) is 8.54. The van der Waals surface area contributed by atoms with Crippen LogP contribution in [0.3, 0.4) is 0 Å². The summed E-state index contributed by atoms with van der Waals surface area (Å²) in [5.41, 5.74) is -0.889. The van der Waals surface area contributed by atoms with Gasteiger partial charge in [0, 0.05) is 25.8 Å². The van der Waals surface area contributed by atoms with E-state index in [1.54, 1.807) is 26.1 Å². The van der Waals surface area contributed by atoms with Gasteiger partial charge in [-0.2, -0.15) is 13.2 Å². The zero-order valence-electron chi connectivity index (χ0n) is 15.8. The third-order valence-electron chi connectivity index (χ3n) is 3.12. The van der Waals surface area contributed by atoms with Gasteiger partial charge >= 0.3 is 18.2 Å². The van der Waals surface area contributed by atoms with Crippen LogP contribution in [-0.4, -0.2) is 57.2 Å². The Morgan fingerprint density at radius 1 is 1.11 bits per heavy atom. The number of anilines is 1. The number of sulfonamides is 1. The van der Waals surface area contributed by atoms with Crippen molar-refractivity contribution in [3.8, 4) is 0 Å². The molecule has 2 N–H and O–H groups in total. The van der Waals surface area contributed by atoms with E-state index in [1.807, 2.05) is 0 Å². The number of hydrogen-bond acceptors (Lipinski definition) is 5. The number of likely N-dealkylation sites (N-methyl/N-ethyl adjacent to an activating group) is 1. The summed E-state index contributed by atoms with van der Waals surface area (Å²) in [4.78, 5) is 23.6. The summed E-state index contributed by atoms with van der Waals surface area (Å²) in [7, 11) is -2.51. The number of halogens is 3. The summed E-state index contributed by atoms with van der Waals surface area (Å²) in [6, 6.07) is 4.16. The van der Waals surface area contributed by atoms with Crippen molar-refractivity contribution in [3.63, 3.8) is 0 Å². The minimum Gasteiger partial charge on any atom is -0.444 e. The number of alkyl halides is 3. The quantitative estimate of drug-likeness (QED) is 0.728. The maximum atomic E-state index is 12.2. The van der Waals surface area contributed by atoms with Crippen molar-refractivity contribution in [2.45, 2.75) is 37.4 Å². The molecule has 0 saturated heterocycles.